The average molecular weight is 92.2 g/mol. The van der Waals surface area contributed by atoms with Gasteiger partial charge in [-0.2, -0.15) is 0 Å². The van der Waals surface area contributed by atoms with Crippen LogP contribution in [-0.2, 0) is 4.74 Å². The zero-order valence-corrected chi connectivity index (χ0v) is 2.91. The standard InChI is InChI=1S/C5H8O/c1-2-4-6-5-3-1/h1-2H,3-5H2/i1D,2D,3D2,4D2,5D2. The van der Waals surface area contributed by atoms with Gasteiger partial charge in [0.2, 0.25) is 0 Å². The highest BCUT2D eigenvalue weighted by molar-refractivity contribution is 4.84. The molecule has 0 amide bonds. The molecule has 0 spiro atoms. The Balaban J connectivity index is 3.34. The van der Waals surface area contributed by atoms with Gasteiger partial charge in [-0.05, 0) is 6.37 Å². The smallest absolute Gasteiger partial charge is 0.0647 e. The van der Waals surface area contributed by atoms with E-state index in [0.717, 1.165) is 0 Å². The second kappa shape index (κ2) is 1.98. The lowest BCUT2D eigenvalue weighted by Crippen LogP contribution is -1.96. The van der Waals surface area contributed by atoms with Crippen molar-refractivity contribution in [1.82, 2.24) is 0 Å². The predicted octanol–water partition coefficient (Wildman–Crippen LogP) is 0.963. The van der Waals surface area contributed by atoms with Crippen LogP contribution in [-0.4, -0.2) is 13.1 Å². The van der Waals surface area contributed by atoms with Gasteiger partial charge in [-0.3, -0.25) is 0 Å². The summed E-state index contributed by atoms with van der Waals surface area (Å²) in [5.41, 5.74) is 0. The van der Waals surface area contributed by atoms with Gasteiger partial charge in [-0.25, -0.2) is 0 Å². The second-order valence-electron chi connectivity index (χ2n) is 0.681. The monoisotopic (exact) mass is 92.1 g/mol. The molecule has 0 bridgehead atoms. The fourth-order valence-corrected chi connectivity index (χ4v) is 0.159. The van der Waals surface area contributed by atoms with Crippen molar-refractivity contribution in [2.45, 2.75) is 6.37 Å². The van der Waals surface area contributed by atoms with E-state index < -0.39 is 31.6 Å². The molecule has 0 radical (unpaired) electrons. The quantitative estimate of drug-likeness (QED) is 0.404. The van der Waals surface area contributed by atoms with Crippen molar-refractivity contribution in [2.75, 3.05) is 13.1 Å². The third kappa shape index (κ3) is 0.830. The highest BCUT2D eigenvalue weighted by Gasteiger charge is 1.85. The van der Waals surface area contributed by atoms with Crippen molar-refractivity contribution in [3.05, 3.63) is 12.1 Å². The molecule has 0 N–H and O–H groups in total. The number of hydrogen-bond acceptors (Lipinski definition) is 1. The Labute approximate surface area is 48.9 Å². The molecule has 0 unspecified atom stereocenters. The normalized spacial score (nSPS) is 69.3. The zero-order chi connectivity index (χ0) is 11.4. The first-order valence-corrected chi connectivity index (χ1v) is 1.41. The minimum atomic E-state index is -2.95. The van der Waals surface area contributed by atoms with Crippen LogP contribution >= 0.6 is 0 Å². The number of rotatable bonds is 0. The minimum absolute atomic E-state index is 0.988. The van der Waals surface area contributed by atoms with E-state index in [0.29, 0.717) is 0 Å². The second-order valence-corrected chi connectivity index (χ2v) is 0.681. The number of hydrogen-bond donors (Lipinski definition) is 0. The lowest BCUT2D eigenvalue weighted by Gasteiger charge is -2.00. The van der Waals surface area contributed by atoms with E-state index in [9.17, 15) is 0 Å². The summed E-state index contributed by atoms with van der Waals surface area (Å²) in [6.07, 6.45) is -2.81. The van der Waals surface area contributed by atoms with Crippen molar-refractivity contribution in [3.63, 3.8) is 0 Å². The van der Waals surface area contributed by atoms with E-state index in [1.54, 1.807) is 0 Å². The zero-order valence-electron chi connectivity index (χ0n) is 10.9. The summed E-state index contributed by atoms with van der Waals surface area (Å²) in [5, 5.41) is 0. The summed E-state index contributed by atoms with van der Waals surface area (Å²) < 4.78 is 61.1. The molecule has 1 aliphatic rings. The number of ether oxygens (including phenoxy) is 1. The molecule has 0 aromatic heterocycles. The molecule has 1 nitrogen and oxygen atoms in total. The maximum atomic E-state index is 7.18. The topological polar surface area (TPSA) is 9.23 Å². The van der Waals surface area contributed by atoms with Gasteiger partial charge in [-0.1, -0.05) is 12.1 Å². The molecule has 0 saturated carbocycles. The highest BCUT2D eigenvalue weighted by atomic mass is 16.5. The van der Waals surface area contributed by atoms with Gasteiger partial charge < -0.3 is 4.74 Å². The van der Waals surface area contributed by atoms with Gasteiger partial charge in [0, 0.05) is 2.74 Å². The van der Waals surface area contributed by atoms with Crippen molar-refractivity contribution in [3.8, 4) is 0 Å². The lowest BCUT2D eigenvalue weighted by molar-refractivity contribution is 0.158. The molecule has 1 heterocycles. The minimum Gasteiger partial charge on any atom is -0.377 e. The van der Waals surface area contributed by atoms with Crippen molar-refractivity contribution < 1.29 is 15.7 Å². The van der Waals surface area contributed by atoms with Crippen LogP contribution in [0.3, 0.4) is 0 Å². The maximum absolute atomic E-state index is 7.18. The van der Waals surface area contributed by atoms with Gasteiger partial charge in [0.25, 0.3) is 0 Å². The van der Waals surface area contributed by atoms with E-state index in [1.807, 2.05) is 0 Å². The summed E-state index contributed by atoms with van der Waals surface area (Å²) in [6, 6.07) is -2.02. The summed E-state index contributed by atoms with van der Waals surface area (Å²) in [6.45, 7) is -5.70. The Kier molecular flexibility index (Phi) is 0.221. The molecule has 0 fully saturated rings. The van der Waals surface area contributed by atoms with Crippen LogP contribution in [0.4, 0.5) is 0 Å². The van der Waals surface area contributed by atoms with E-state index in [1.165, 1.54) is 0 Å². The average Bonchev–Trinajstić information content (AvgIpc) is 1.97. The first kappa shape index (κ1) is 0.671. The van der Waals surface area contributed by atoms with Gasteiger partial charge >= 0.3 is 0 Å². The summed E-state index contributed by atoms with van der Waals surface area (Å²) in [7, 11) is 0. The molecular weight excluding hydrogens is 76.1 g/mol. The SMILES string of the molecule is [2H]C1=C([2H])C([2H])([2H])C([2H])([2H])OC1([2H])[2H]. The third-order valence-corrected chi connectivity index (χ3v) is 0.329. The molecule has 0 aliphatic carbocycles. The van der Waals surface area contributed by atoms with E-state index >= 15 is 0 Å². The third-order valence-electron chi connectivity index (χ3n) is 0.329. The van der Waals surface area contributed by atoms with Crippen LogP contribution in [0.1, 0.15) is 17.3 Å². The van der Waals surface area contributed by atoms with Crippen molar-refractivity contribution >= 4 is 0 Å². The maximum Gasteiger partial charge on any atom is 0.0647 e. The molecule has 1 aliphatic heterocycles. The predicted molar refractivity (Wildman–Crippen MR) is 24.6 cm³/mol. The fraction of sp³-hybridized carbons (Fsp3) is 0.600. The Morgan fingerprint density at radius 2 is 2.83 bits per heavy atom. The Bertz CT molecular complexity index is 292. The largest absolute Gasteiger partial charge is 0.377 e. The van der Waals surface area contributed by atoms with E-state index in [2.05, 4.69) is 4.74 Å². The van der Waals surface area contributed by atoms with Gasteiger partial charge in [0.1, 0.15) is 0 Å². The van der Waals surface area contributed by atoms with Crippen LogP contribution in [0.25, 0.3) is 0 Å². The van der Waals surface area contributed by atoms with Crippen LogP contribution in [0.2, 0.25) is 0 Å². The molecule has 0 aromatic carbocycles. The molecule has 0 aromatic rings. The molecule has 1 rings (SSSR count). The summed E-state index contributed by atoms with van der Waals surface area (Å²) >= 11 is 0. The van der Waals surface area contributed by atoms with Crippen LogP contribution < -0.4 is 0 Å². The van der Waals surface area contributed by atoms with Crippen molar-refractivity contribution in [1.29, 1.82) is 0 Å². The molecule has 6 heavy (non-hydrogen) atoms. The molecule has 0 saturated heterocycles. The fourth-order valence-electron chi connectivity index (χ4n) is 0.159. The van der Waals surface area contributed by atoms with E-state index in [-0.39, 0.29) is 0 Å². The van der Waals surface area contributed by atoms with E-state index in [4.69, 9.17) is 11.0 Å². The Morgan fingerprint density at radius 3 is 3.83 bits per heavy atom. The Morgan fingerprint density at radius 1 is 1.83 bits per heavy atom. The van der Waals surface area contributed by atoms with Gasteiger partial charge in [-0.15, -0.1) is 0 Å². The molecule has 1 heteroatoms. The van der Waals surface area contributed by atoms with Gasteiger partial charge in [0.15, 0.2) is 0 Å². The van der Waals surface area contributed by atoms with Crippen LogP contribution in [0, 0.1) is 0 Å². The first-order valence-electron chi connectivity index (χ1n) is 5.41. The molecular formula is C5H8O. The van der Waals surface area contributed by atoms with Crippen LogP contribution in [0.5, 0.6) is 0 Å². The molecule has 0 atom stereocenters. The summed E-state index contributed by atoms with van der Waals surface area (Å²) in [4.78, 5) is 0. The lowest BCUT2D eigenvalue weighted by atomic mass is 10.3. The first-order chi connectivity index (χ1) is 6.02. The van der Waals surface area contributed by atoms with Gasteiger partial charge in [0.05, 0.1) is 21.3 Å². The molecule has 34 valence electrons. The van der Waals surface area contributed by atoms with Crippen molar-refractivity contribution in [2.24, 2.45) is 0 Å². The highest BCUT2D eigenvalue weighted by Crippen LogP contribution is 1.91. The van der Waals surface area contributed by atoms with Crippen LogP contribution in [0.15, 0.2) is 12.1 Å². The Hall–Kier alpha value is -0.300. The summed E-state index contributed by atoms with van der Waals surface area (Å²) in [5.74, 6) is 0.